The Morgan fingerprint density at radius 3 is 1.79 bits per heavy atom. The lowest BCUT2D eigenvalue weighted by molar-refractivity contribution is -0.313. The molecule has 4 aliphatic carbocycles. The Morgan fingerprint density at radius 1 is 0.691 bits per heavy atom. The van der Waals surface area contributed by atoms with Gasteiger partial charge in [0.15, 0.2) is 6.29 Å². The Labute approximate surface area is 418 Å². The molecule has 0 spiro atoms. The van der Waals surface area contributed by atoms with Gasteiger partial charge in [-0.3, -0.25) is 4.79 Å². The standard InChI is InChI=1S/C61H108O7/c1-8-10-11-12-13-14-15-16-17-18-19-20-21-22-23-24-25-26-27-28-29-30-31-32-55(62)66-44-54-56(63)57(64)58(65)59(68-54)67-49-39-41-60(6)48(43-49)35-36-50-52-38-37-51(61(52,7)42-40-53(50)60)46(5)33-34-47(9-2)45(3)4/h33-35,45-47,49-54,56-59,63-65H,8-32,36-44H2,1-7H3/b34-33+. The van der Waals surface area contributed by atoms with Crippen molar-refractivity contribution >= 4 is 5.97 Å². The molecular weight excluding hydrogens is 845 g/mol. The van der Waals surface area contributed by atoms with Crippen molar-refractivity contribution in [3.05, 3.63) is 23.8 Å². The minimum absolute atomic E-state index is 0.148. The van der Waals surface area contributed by atoms with Gasteiger partial charge in [0.1, 0.15) is 31.0 Å². The number of carbonyl (C=O) groups is 1. The molecule has 5 aliphatic rings. The summed E-state index contributed by atoms with van der Waals surface area (Å²) in [5, 5.41) is 32.7. The molecule has 3 N–H and O–H groups in total. The maximum atomic E-state index is 12.7. The van der Waals surface area contributed by atoms with Gasteiger partial charge in [-0.05, 0) is 116 Å². The van der Waals surface area contributed by atoms with Crippen molar-refractivity contribution in [2.75, 3.05) is 6.61 Å². The second-order valence-electron chi connectivity index (χ2n) is 24.3. The SMILES string of the molecule is CCCCCCCCCCCCCCCCCCCCCCCCCC(=O)OCC1OC(OC2CCC3(C)C(=CCC4C3CCC3(C)C(C(C)/C=C/C(CC)C(C)C)CCC43)C2)C(O)C(O)C1O. The maximum absolute atomic E-state index is 12.7. The highest BCUT2D eigenvalue weighted by atomic mass is 16.7. The lowest BCUT2D eigenvalue weighted by Crippen LogP contribution is -2.60. The minimum atomic E-state index is -1.45. The number of rotatable bonds is 33. The van der Waals surface area contributed by atoms with Gasteiger partial charge in [0.05, 0.1) is 6.10 Å². The second kappa shape index (κ2) is 30.1. The van der Waals surface area contributed by atoms with Crippen LogP contribution in [0.3, 0.4) is 0 Å². The summed E-state index contributed by atoms with van der Waals surface area (Å²) in [5.41, 5.74) is 2.05. The van der Waals surface area contributed by atoms with E-state index in [4.69, 9.17) is 14.2 Å². The first-order valence-corrected chi connectivity index (χ1v) is 29.7. The number of aliphatic hydroxyl groups excluding tert-OH is 3. The summed E-state index contributed by atoms with van der Waals surface area (Å²) in [4.78, 5) is 12.7. The van der Waals surface area contributed by atoms with Crippen molar-refractivity contribution in [1.29, 1.82) is 0 Å². The first-order chi connectivity index (χ1) is 32.8. The van der Waals surface area contributed by atoms with Gasteiger partial charge in [0.2, 0.25) is 0 Å². The average Bonchev–Trinajstić information content (AvgIpc) is 3.69. The summed E-state index contributed by atoms with van der Waals surface area (Å²) in [7, 11) is 0. The molecule has 0 aromatic heterocycles. The molecule has 68 heavy (non-hydrogen) atoms. The molecule has 14 unspecified atom stereocenters. The number of esters is 1. The van der Waals surface area contributed by atoms with Gasteiger partial charge in [0, 0.05) is 6.42 Å². The van der Waals surface area contributed by atoms with Crippen LogP contribution in [0.2, 0.25) is 0 Å². The zero-order valence-electron chi connectivity index (χ0n) is 45.3. The van der Waals surface area contributed by atoms with Crippen LogP contribution in [0.5, 0.6) is 0 Å². The van der Waals surface area contributed by atoms with Gasteiger partial charge in [0.25, 0.3) is 0 Å². The van der Waals surface area contributed by atoms with Crippen molar-refractivity contribution in [2.45, 2.75) is 297 Å². The van der Waals surface area contributed by atoms with E-state index in [0.717, 1.165) is 62.7 Å². The van der Waals surface area contributed by atoms with E-state index in [1.807, 2.05) is 0 Å². The summed E-state index contributed by atoms with van der Waals surface area (Å²) in [6.45, 7) is 16.8. The molecule has 0 radical (unpaired) electrons. The zero-order chi connectivity index (χ0) is 48.9. The van der Waals surface area contributed by atoms with E-state index in [-0.39, 0.29) is 24.1 Å². The lowest BCUT2D eigenvalue weighted by Gasteiger charge is -2.58. The fraction of sp³-hybridized carbons (Fsp3) is 0.918. The summed E-state index contributed by atoms with van der Waals surface area (Å²) >= 11 is 0. The first-order valence-electron chi connectivity index (χ1n) is 29.7. The number of allylic oxidation sites excluding steroid dienone is 3. The first kappa shape index (κ1) is 57.6. The monoisotopic (exact) mass is 953 g/mol. The van der Waals surface area contributed by atoms with E-state index in [1.54, 1.807) is 0 Å². The van der Waals surface area contributed by atoms with Crippen molar-refractivity contribution in [3.8, 4) is 0 Å². The molecule has 0 bridgehead atoms. The topological polar surface area (TPSA) is 105 Å². The Hall–Kier alpha value is -1.25. The van der Waals surface area contributed by atoms with Crippen molar-refractivity contribution in [2.24, 2.45) is 52.3 Å². The molecule has 0 aromatic carbocycles. The molecule has 0 amide bonds. The molecule has 14 atom stereocenters. The van der Waals surface area contributed by atoms with Crippen LogP contribution in [0.1, 0.15) is 260 Å². The Morgan fingerprint density at radius 2 is 1.25 bits per heavy atom. The molecule has 3 saturated carbocycles. The minimum Gasteiger partial charge on any atom is -0.463 e. The third-order valence-corrected chi connectivity index (χ3v) is 19.1. The highest BCUT2D eigenvalue weighted by Gasteiger charge is 2.59. The fourth-order valence-electron chi connectivity index (χ4n) is 14.6. The molecule has 1 aliphatic heterocycles. The lowest BCUT2D eigenvalue weighted by atomic mass is 9.47. The maximum Gasteiger partial charge on any atom is 0.305 e. The van der Waals surface area contributed by atoms with Gasteiger partial charge in [-0.25, -0.2) is 0 Å². The van der Waals surface area contributed by atoms with Gasteiger partial charge in [-0.15, -0.1) is 0 Å². The van der Waals surface area contributed by atoms with Gasteiger partial charge in [-0.2, -0.15) is 0 Å². The molecule has 1 saturated heterocycles. The van der Waals surface area contributed by atoms with Gasteiger partial charge < -0.3 is 29.5 Å². The molecule has 394 valence electrons. The molecule has 5 rings (SSSR count). The summed E-state index contributed by atoms with van der Waals surface area (Å²) in [5.74, 6) is 4.62. The van der Waals surface area contributed by atoms with Crippen LogP contribution in [-0.4, -0.2) is 64.7 Å². The molecule has 4 fully saturated rings. The van der Waals surface area contributed by atoms with Crippen LogP contribution in [0.15, 0.2) is 23.8 Å². The van der Waals surface area contributed by atoms with E-state index >= 15 is 0 Å². The van der Waals surface area contributed by atoms with Crippen LogP contribution in [0.25, 0.3) is 0 Å². The number of fused-ring (bicyclic) bond motifs is 5. The number of hydrogen-bond acceptors (Lipinski definition) is 7. The Balaban J connectivity index is 0.917. The van der Waals surface area contributed by atoms with Crippen molar-refractivity contribution < 1.29 is 34.3 Å². The largest absolute Gasteiger partial charge is 0.463 e. The van der Waals surface area contributed by atoms with Crippen molar-refractivity contribution in [1.82, 2.24) is 0 Å². The summed E-state index contributed by atoms with van der Waals surface area (Å²) < 4.78 is 18.1. The normalized spacial score (nSPS) is 33.5. The highest BCUT2D eigenvalue weighted by Crippen LogP contribution is 2.67. The van der Waals surface area contributed by atoms with Crippen LogP contribution < -0.4 is 0 Å². The number of ether oxygens (including phenoxy) is 3. The number of unbranched alkanes of at least 4 members (excludes halogenated alkanes) is 22. The number of carbonyl (C=O) groups excluding carboxylic acids is 1. The van der Waals surface area contributed by atoms with Crippen LogP contribution in [-0.2, 0) is 19.0 Å². The second-order valence-corrected chi connectivity index (χ2v) is 24.3. The van der Waals surface area contributed by atoms with E-state index in [2.05, 4.69) is 66.7 Å². The zero-order valence-corrected chi connectivity index (χ0v) is 45.3. The number of hydrogen-bond donors (Lipinski definition) is 3. The summed E-state index contributed by atoms with van der Waals surface area (Å²) in [6.07, 6.45) is 42.7. The Kier molecular flexibility index (Phi) is 25.5. The highest BCUT2D eigenvalue weighted by molar-refractivity contribution is 5.69. The predicted molar refractivity (Wildman–Crippen MR) is 281 cm³/mol. The molecule has 7 heteroatoms. The van der Waals surface area contributed by atoms with Crippen molar-refractivity contribution in [3.63, 3.8) is 0 Å². The smallest absolute Gasteiger partial charge is 0.305 e. The quantitative estimate of drug-likeness (QED) is 0.0342. The third kappa shape index (κ3) is 16.6. The third-order valence-electron chi connectivity index (χ3n) is 19.1. The molecular formula is C61H108O7. The van der Waals surface area contributed by atoms with Crippen LogP contribution >= 0.6 is 0 Å². The van der Waals surface area contributed by atoms with Crippen LogP contribution in [0, 0.1) is 52.3 Å². The van der Waals surface area contributed by atoms with E-state index in [1.165, 1.54) is 166 Å². The number of aliphatic hydroxyl groups is 3. The van der Waals surface area contributed by atoms with E-state index < -0.39 is 30.7 Å². The Bertz CT molecular complexity index is 1460. The molecule has 0 aromatic rings. The molecule has 7 nitrogen and oxygen atoms in total. The average molecular weight is 954 g/mol. The predicted octanol–water partition coefficient (Wildman–Crippen LogP) is 15.6. The van der Waals surface area contributed by atoms with Gasteiger partial charge in [-0.1, -0.05) is 214 Å². The van der Waals surface area contributed by atoms with Gasteiger partial charge >= 0.3 is 5.97 Å². The van der Waals surface area contributed by atoms with E-state index in [0.29, 0.717) is 35.5 Å². The molecule has 1 heterocycles. The van der Waals surface area contributed by atoms with Crippen LogP contribution in [0.4, 0.5) is 0 Å². The van der Waals surface area contributed by atoms with E-state index in [9.17, 15) is 20.1 Å². The fourth-order valence-corrected chi connectivity index (χ4v) is 14.6. The summed E-state index contributed by atoms with van der Waals surface area (Å²) in [6, 6.07) is 0.